The van der Waals surface area contributed by atoms with Crippen LogP contribution in [0.3, 0.4) is 0 Å². The first kappa shape index (κ1) is 120. The van der Waals surface area contributed by atoms with E-state index in [4.69, 9.17) is 66.9 Å². The second-order valence-electron chi connectivity index (χ2n) is 42.2. The molecule has 0 aromatic carbocycles. The number of carboxylic acid groups (broad SMARTS) is 1. The van der Waals surface area contributed by atoms with E-state index in [0.29, 0.717) is 99.8 Å². The Morgan fingerprint density at radius 3 is 0.979 bits per heavy atom. The van der Waals surface area contributed by atoms with Gasteiger partial charge < -0.3 is 76.7 Å². The van der Waals surface area contributed by atoms with Crippen molar-refractivity contribution >= 4 is 94.4 Å². The van der Waals surface area contributed by atoms with Crippen LogP contribution in [-0.4, -0.2) is 165 Å². The normalized spacial score (nSPS) is 13.7. The Morgan fingerprint density at radius 2 is 0.671 bits per heavy atom. The highest BCUT2D eigenvalue weighted by molar-refractivity contribution is 6.75. The van der Waals surface area contributed by atoms with Crippen molar-refractivity contribution < 1.29 is 57.3 Å². The van der Waals surface area contributed by atoms with E-state index in [1.807, 2.05) is 75.9 Å². The number of ketones is 3. The number of pyridine rings is 10. The Hall–Kier alpha value is -11.5. The molecule has 143 heavy (non-hydrogen) atoms. The molecule has 10 aromatic rings. The Labute approximate surface area is 853 Å². The number of Topliss-reactive ketones (excluding diaryl/α,β-unsaturated/α-hetero) is 3. The highest BCUT2D eigenvalue weighted by atomic mass is 28.4. The predicted octanol–water partition coefficient (Wildman–Crippen LogP) is 19.9. The highest BCUT2D eigenvalue weighted by Crippen LogP contribution is 2.40. The summed E-state index contributed by atoms with van der Waals surface area (Å²) in [5.41, 5.74) is 44.1. The van der Waals surface area contributed by atoms with Crippen LogP contribution in [0.2, 0.25) is 54.4 Å². The van der Waals surface area contributed by atoms with Gasteiger partial charge in [-0.25, -0.2) is 24.5 Å². The number of aliphatic hydroxyl groups excluding tert-OH is 2. The van der Waals surface area contributed by atoms with Gasteiger partial charge in [0.05, 0.1) is 73.5 Å². The van der Waals surface area contributed by atoms with Crippen molar-refractivity contribution in [1.82, 2.24) is 49.8 Å². The molecular weight excluding hydrogens is 1850 g/mol. The average molecular weight is 2010 g/mol. The smallest absolute Gasteiger partial charge is 0.339 e. The van der Waals surface area contributed by atoms with Crippen molar-refractivity contribution in [3.63, 3.8) is 0 Å². The van der Waals surface area contributed by atoms with Crippen LogP contribution in [0.25, 0.3) is 0 Å². The maximum Gasteiger partial charge on any atom is 0.339 e. The van der Waals surface area contributed by atoms with Crippen LogP contribution < -0.4 is 43.4 Å². The fourth-order valence-corrected chi connectivity index (χ4v) is 17.2. The summed E-state index contributed by atoms with van der Waals surface area (Å²) in [5.74, 6) is 4.82. The number of hydrogen-bond donors (Lipinski definition) is 8. The molecule has 0 bridgehead atoms. The molecule has 0 saturated carbocycles. The summed E-state index contributed by atoms with van der Waals surface area (Å²) in [7, 11) is -5.23. The van der Waals surface area contributed by atoms with Gasteiger partial charge in [-0.1, -0.05) is 113 Å². The average Bonchev–Trinajstić information content (AvgIpc) is 0.825. The number of carbonyl (C=O) groups is 5. The van der Waals surface area contributed by atoms with Gasteiger partial charge in [0.25, 0.3) is 0 Å². The van der Waals surface area contributed by atoms with E-state index in [2.05, 4.69) is 207 Å². The molecule has 3 aliphatic heterocycles. The second-order valence-corrected chi connectivity index (χ2v) is 56.6. The Morgan fingerprint density at radius 1 is 0.392 bits per heavy atom. The minimum atomic E-state index is -1.82. The standard InChI is InChI=1S/C28H43N3O2Si.C22H29N3O2.C15H25NO2Si.C13H21N3.C12H22N2OSi.C8H10N2O2.C6H6N2O2.C6H8N2O/c1-21-12-14-31(15-13-21)27-25(9-8-22(2)30-27)10-11-26(32)17-23-16-24(19-29-18-23)20-33-34(6,7)28(3,4)5;1-16-7-9-25(10-8-16)22-20(4-3-17(2)24-22)5-6-21(27)12-18-11-19(15-26)14-23-13-18;1-12(17)7-13-8-14(10-16-9-13)11-18-19(5,6)15(2,3)4;1-10-5-7-16(8-6-10)13-12(9-14)4-3-11(2)15-13;1-12(2,3)16(4,5)15-9-10-6-11(13)8-14-7-10;1-2-12-8(11)6-3-7(9)5-10-4-6;7-5-1-4(6(9)10)2-8-3-5;7-6-1-5(4-9)2-8-3-6/h8-9,16,18-19,21H,10-15,17,20H2,1-7H3;3-4,11,13-14,16,26H,5-10,12,15H2,1-2H3;8-10H,7,11H2,1-6H3;3-4,10H,5-9,14H2,1-2H3;6-8H,9,13H2,1-5H3;3-5H,2,9H2,1H3;1-3H,7H2,(H,9,10);1-3,9H,4,7H2. The van der Waals surface area contributed by atoms with Gasteiger partial charge in [0, 0.05) is 187 Å². The van der Waals surface area contributed by atoms with E-state index < -0.39 is 36.9 Å². The molecule has 13 rings (SSSR count). The van der Waals surface area contributed by atoms with Gasteiger partial charge in [0.1, 0.15) is 34.8 Å². The molecular formula is C110H164N18O12Si3. The minimum absolute atomic E-state index is 0.00194. The number of carbonyl (C=O) groups excluding carboxylic acids is 4. The lowest BCUT2D eigenvalue weighted by Crippen LogP contribution is -2.40. The number of hydrogen-bond acceptors (Lipinski definition) is 29. The molecule has 13 heterocycles. The number of aliphatic hydroxyl groups is 2. The zero-order chi connectivity index (χ0) is 106. The van der Waals surface area contributed by atoms with E-state index in [9.17, 15) is 29.1 Å². The van der Waals surface area contributed by atoms with Crippen molar-refractivity contribution in [2.75, 3.05) is 83.5 Å². The van der Waals surface area contributed by atoms with Crippen LogP contribution >= 0.6 is 0 Å². The molecule has 30 nitrogen and oxygen atoms in total. The molecule has 10 aromatic heterocycles. The van der Waals surface area contributed by atoms with Gasteiger partial charge in [-0.2, -0.15) is 0 Å². The topological polar surface area (TPSA) is 452 Å². The van der Waals surface area contributed by atoms with Crippen molar-refractivity contribution in [1.29, 1.82) is 0 Å². The van der Waals surface area contributed by atoms with Crippen LogP contribution in [0.1, 0.15) is 247 Å². The SMILES string of the molecule is CC(=O)Cc1cncc(CO[Si](C)(C)C(C)(C)C)c1.CC(C)(C)[Si](C)(C)OCc1cncc(N)c1.CCOC(=O)c1cncc(N)c1.Cc1ccc(CCC(=O)Cc2cncc(CO)c2)c(N2CCC(C)CC2)n1.Cc1ccc(CCC(=O)Cc2cncc(CO[Si](C)(C)C(C)(C)C)c2)c(N2CCC(C)CC2)n1.Cc1ccc(CN)c(N2CCC(C)CC2)n1.Nc1cncc(C(=O)O)c1.Nc1cncc(CO)c1. The number of nitrogen functional groups attached to an aromatic ring is 4. The van der Waals surface area contributed by atoms with Gasteiger partial charge in [-0.15, -0.1) is 0 Å². The van der Waals surface area contributed by atoms with E-state index in [0.717, 1.165) is 148 Å². The third kappa shape index (κ3) is 43.1. The maximum absolute atomic E-state index is 12.9. The van der Waals surface area contributed by atoms with Crippen molar-refractivity contribution in [2.24, 2.45) is 23.5 Å². The summed E-state index contributed by atoms with van der Waals surface area (Å²) in [6, 6.07) is 24.9. The van der Waals surface area contributed by atoms with Crippen LogP contribution in [0.5, 0.6) is 0 Å². The number of nitrogens with two attached hydrogens (primary N) is 5. The van der Waals surface area contributed by atoms with Gasteiger partial charge in [0.2, 0.25) is 0 Å². The van der Waals surface area contributed by atoms with E-state index >= 15 is 0 Å². The molecule has 0 aliphatic carbocycles. The first-order valence-corrected chi connectivity index (χ1v) is 58.5. The number of aryl methyl sites for hydroxylation is 5. The lowest BCUT2D eigenvalue weighted by atomic mass is 9.98. The van der Waals surface area contributed by atoms with Crippen molar-refractivity contribution in [3.05, 3.63) is 255 Å². The fourth-order valence-electron chi connectivity index (χ4n) is 14.4. The summed E-state index contributed by atoms with van der Waals surface area (Å²) >= 11 is 0. The number of rotatable bonds is 30. The molecule has 0 spiro atoms. The van der Waals surface area contributed by atoms with E-state index in [1.165, 1.54) is 86.6 Å². The van der Waals surface area contributed by atoms with Crippen LogP contribution in [0, 0.1) is 38.5 Å². The zero-order valence-electron chi connectivity index (χ0n) is 89.4. The first-order chi connectivity index (χ1) is 67.3. The maximum atomic E-state index is 12.9. The van der Waals surface area contributed by atoms with Crippen LogP contribution in [0.4, 0.5) is 40.2 Å². The monoisotopic (exact) mass is 2010 g/mol. The van der Waals surface area contributed by atoms with Crippen molar-refractivity contribution in [2.45, 2.75) is 295 Å². The molecule has 33 heteroatoms. The summed E-state index contributed by atoms with van der Waals surface area (Å²) < 4.78 is 23.3. The predicted molar refractivity (Wildman–Crippen MR) is 583 cm³/mol. The van der Waals surface area contributed by atoms with Crippen LogP contribution in [-0.2, 0) is 104 Å². The third-order valence-corrected chi connectivity index (χ3v) is 39.8. The molecule has 3 saturated heterocycles. The molecule has 3 aliphatic rings. The van der Waals surface area contributed by atoms with Crippen molar-refractivity contribution in [3.8, 4) is 0 Å². The lowest BCUT2D eigenvalue weighted by molar-refractivity contribution is -0.119. The number of piperidine rings is 3. The molecule has 778 valence electrons. The van der Waals surface area contributed by atoms with Gasteiger partial charge >= 0.3 is 11.9 Å². The number of esters is 1. The molecule has 0 unspecified atom stereocenters. The Bertz CT molecular complexity index is 5630. The summed E-state index contributed by atoms with van der Waals surface area (Å²) in [5, 5.41) is 26.8. The minimum Gasteiger partial charge on any atom is -0.478 e. The summed E-state index contributed by atoms with van der Waals surface area (Å²) in [6.07, 6.45) is 33.7. The number of carboxylic acids is 1. The second kappa shape index (κ2) is 58.4. The largest absolute Gasteiger partial charge is 0.478 e. The molecule has 13 N–H and O–H groups in total. The zero-order valence-corrected chi connectivity index (χ0v) is 92.4. The van der Waals surface area contributed by atoms with Gasteiger partial charge in [0.15, 0.2) is 25.0 Å². The number of ether oxygens (including phenoxy) is 1. The number of aromatic carboxylic acids is 1. The number of anilines is 7. The van der Waals surface area contributed by atoms with E-state index in [-0.39, 0.29) is 51.2 Å². The first-order valence-electron chi connectivity index (χ1n) is 49.8. The molecule has 0 atom stereocenters. The van der Waals surface area contributed by atoms with Gasteiger partial charge in [-0.3, -0.25) is 49.3 Å². The summed E-state index contributed by atoms with van der Waals surface area (Å²) in [6.45, 7) is 59.0. The molecule has 3 fully saturated rings. The highest BCUT2D eigenvalue weighted by Gasteiger charge is 2.40. The summed E-state index contributed by atoms with van der Waals surface area (Å²) in [4.78, 5) is 107. The molecule has 0 radical (unpaired) electrons. The lowest BCUT2D eigenvalue weighted by Gasteiger charge is -2.36. The quantitative estimate of drug-likeness (QED) is 0.0153. The Balaban J connectivity index is 0.000000259. The Kier molecular flexibility index (Phi) is 49.1. The fraction of sp³-hybridized carbons (Fsp3) is 0.500. The number of aromatic nitrogens is 10. The third-order valence-electron chi connectivity index (χ3n) is 26.4. The number of nitrogens with zero attached hydrogens (tertiary/aromatic N) is 13. The van der Waals surface area contributed by atoms with E-state index in [1.54, 1.807) is 57.1 Å². The van der Waals surface area contributed by atoms with Crippen LogP contribution in [0.15, 0.2) is 166 Å². The van der Waals surface area contributed by atoms with Gasteiger partial charge in [-0.05, 0) is 262 Å². The molecule has 0 amide bonds.